The number of nitrogens with zero attached hydrogens (tertiary/aromatic N) is 1. The third-order valence-electron chi connectivity index (χ3n) is 4.14. The zero-order valence-corrected chi connectivity index (χ0v) is 15.2. The summed E-state index contributed by atoms with van der Waals surface area (Å²) in [7, 11) is 1.84. The van der Waals surface area contributed by atoms with Crippen molar-refractivity contribution in [2.45, 2.75) is 19.4 Å². The third kappa shape index (κ3) is 4.91. The van der Waals surface area contributed by atoms with Gasteiger partial charge in [-0.3, -0.25) is 4.79 Å². The Morgan fingerprint density at radius 1 is 1.13 bits per heavy atom. The smallest absolute Gasteiger partial charge is 0.227 e. The zero-order chi connectivity index (χ0) is 16.8. The molecule has 2 aromatic carbocycles. The SMILES string of the molecule is CC(C(=O)N(C)CCc1ccc(Br)cc1)C(N)c1ccccc1. The number of likely N-dealkylation sites (N-methyl/N-ethyl adjacent to an activating group) is 1. The van der Waals surface area contributed by atoms with E-state index < -0.39 is 0 Å². The number of amides is 1. The third-order valence-corrected chi connectivity index (χ3v) is 4.67. The van der Waals surface area contributed by atoms with Crippen LogP contribution in [-0.4, -0.2) is 24.4 Å². The molecule has 0 heterocycles. The molecule has 0 saturated heterocycles. The first kappa shape index (κ1) is 17.7. The predicted molar refractivity (Wildman–Crippen MR) is 98.0 cm³/mol. The van der Waals surface area contributed by atoms with E-state index >= 15 is 0 Å². The van der Waals surface area contributed by atoms with E-state index in [9.17, 15) is 4.79 Å². The van der Waals surface area contributed by atoms with Gasteiger partial charge in [-0.15, -0.1) is 0 Å². The van der Waals surface area contributed by atoms with Crippen molar-refractivity contribution in [3.63, 3.8) is 0 Å². The highest BCUT2D eigenvalue weighted by Crippen LogP contribution is 2.21. The second-order valence-corrected chi connectivity index (χ2v) is 6.78. The number of halogens is 1. The van der Waals surface area contributed by atoms with Crippen LogP contribution in [0.25, 0.3) is 0 Å². The molecule has 2 rings (SSSR count). The summed E-state index contributed by atoms with van der Waals surface area (Å²) in [5, 5.41) is 0. The van der Waals surface area contributed by atoms with Crippen molar-refractivity contribution in [2.24, 2.45) is 11.7 Å². The summed E-state index contributed by atoms with van der Waals surface area (Å²) in [5.41, 5.74) is 8.46. The van der Waals surface area contributed by atoms with Crippen LogP contribution >= 0.6 is 15.9 Å². The van der Waals surface area contributed by atoms with Crippen molar-refractivity contribution < 1.29 is 4.79 Å². The summed E-state index contributed by atoms with van der Waals surface area (Å²) >= 11 is 3.43. The minimum atomic E-state index is -0.279. The van der Waals surface area contributed by atoms with E-state index in [1.165, 1.54) is 5.56 Å². The normalized spacial score (nSPS) is 13.4. The lowest BCUT2D eigenvalue weighted by Crippen LogP contribution is -2.38. The number of rotatable bonds is 6. The molecule has 2 atom stereocenters. The lowest BCUT2D eigenvalue weighted by molar-refractivity contribution is -0.134. The first-order chi connectivity index (χ1) is 11.0. The maximum atomic E-state index is 12.6. The molecule has 0 radical (unpaired) electrons. The number of nitrogens with two attached hydrogens (primary N) is 1. The Kier molecular flexibility index (Phi) is 6.37. The fraction of sp³-hybridized carbons (Fsp3) is 0.316. The zero-order valence-electron chi connectivity index (χ0n) is 13.6. The Hall–Kier alpha value is -1.65. The van der Waals surface area contributed by atoms with Gasteiger partial charge in [0.1, 0.15) is 0 Å². The first-order valence-corrected chi connectivity index (χ1v) is 8.58. The first-order valence-electron chi connectivity index (χ1n) is 7.79. The van der Waals surface area contributed by atoms with E-state index in [4.69, 9.17) is 5.73 Å². The average Bonchev–Trinajstić information content (AvgIpc) is 2.59. The molecule has 1 amide bonds. The summed E-state index contributed by atoms with van der Waals surface area (Å²) < 4.78 is 1.06. The van der Waals surface area contributed by atoms with Gasteiger partial charge in [-0.1, -0.05) is 65.3 Å². The van der Waals surface area contributed by atoms with Crippen LogP contribution in [0, 0.1) is 5.92 Å². The summed E-state index contributed by atoms with van der Waals surface area (Å²) in [6, 6.07) is 17.7. The summed E-state index contributed by atoms with van der Waals surface area (Å²) in [5.74, 6) is -0.161. The summed E-state index contributed by atoms with van der Waals surface area (Å²) in [4.78, 5) is 14.3. The quantitative estimate of drug-likeness (QED) is 0.835. The van der Waals surface area contributed by atoms with Crippen molar-refractivity contribution in [1.29, 1.82) is 0 Å². The molecular weight excluding hydrogens is 352 g/mol. The lowest BCUT2D eigenvalue weighted by atomic mass is 9.94. The molecule has 4 heteroatoms. The van der Waals surface area contributed by atoms with E-state index in [1.54, 1.807) is 4.90 Å². The molecule has 0 saturated carbocycles. The molecule has 23 heavy (non-hydrogen) atoms. The van der Waals surface area contributed by atoms with Gasteiger partial charge in [0.15, 0.2) is 0 Å². The molecule has 0 aliphatic rings. The maximum Gasteiger partial charge on any atom is 0.227 e. The van der Waals surface area contributed by atoms with Gasteiger partial charge in [0, 0.05) is 24.1 Å². The van der Waals surface area contributed by atoms with Gasteiger partial charge in [-0.25, -0.2) is 0 Å². The minimum absolute atomic E-state index is 0.0819. The van der Waals surface area contributed by atoms with E-state index in [-0.39, 0.29) is 17.9 Å². The topological polar surface area (TPSA) is 46.3 Å². The number of carbonyl (C=O) groups excluding carboxylic acids is 1. The van der Waals surface area contributed by atoms with Crippen LogP contribution in [0.15, 0.2) is 59.1 Å². The van der Waals surface area contributed by atoms with Crippen LogP contribution in [0.4, 0.5) is 0 Å². The van der Waals surface area contributed by atoms with E-state index in [0.717, 1.165) is 16.5 Å². The molecule has 0 fully saturated rings. The summed E-state index contributed by atoms with van der Waals surface area (Å²) in [6.45, 7) is 2.59. The standard InChI is InChI=1S/C19H23BrN2O/c1-14(18(21)16-6-4-3-5-7-16)19(23)22(2)13-12-15-8-10-17(20)11-9-15/h3-11,14,18H,12-13,21H2,1-2H3. The van der Waals surface area contributed by atoms with Gasteiger partial charge in [-0.05, 0) is 29.7 Å². The van der Waals surface area contributed by atoms with Crippen molar-refractivity contribution >= 4 is 21.8 Å². The number of hydrogen-bond acceptors (Lipinski definition) is 2. The second kappa shape index (κ2) is 8.27. The Bertz CT molecular complexity index is 628. The minimum Gasteiger partial charge on any atom is -0.345 e. The van der Waals surface area contributed by atoms with E-state index in [1.807, 2.05) is 56.4 Å². The Balaban J connectivity index is 1.92. The van der Waals surface area contributed by atoms with Crippen molar-refractivity contribution in [3.05, 3.63) is 70.2 Å². The molecule has 0 spiro atoms. The highest BCUT2D eigenvalue weighted by atomic mass is 79.9. The van der Waals surface area contributed by atoms with Gasteiger partial charge in [-0.2, -0.15) is 0 Å². The molecule has 122 valence electrons. The van der Waals surface area contributed by atoms with Gasteiger partial charge in [0.25, 0.3) is 0 Å². The molecule has 0 aromatic heterocycles. The lowest BCUT2D eigenvalue weighted by Gasteiger charge is -2.25. The van der Waals surface area contributed by atoms with Crippen LogP contribution < -0.4 is 5.73 Å². The molecular formula is C19H23BrN2O. The maximum absolute atomic E-state index is 12.6. The van der Waals surface area contributed by atoms with Crippen LogP contribution in [-0.2, 0) is 11.2 Å². The fourth-order valence-electron chi connectivity index (χ4n) is 2.52. The number of carbonyl (C=O) groups is 1. The number of benzene rings is 2. The highest BCUT2D eigenvalue weighted by molar-refractivity contribution is 9.10. The summed E-state index contributed by atoms with van der Waals surface area (Å²) in [6.07, 6.45) is 0.836. The van der Waals surface area contributed by atoms with Gasteiger partial charge >= 0.3 is 0 Å². The monoisotopic (exact) mass is 374 g/mol. The van der Waals surface area contributed by atoms with Crippen LogP contribution in [0.1, 0.15) is 24.1 Å². The molecule has 2 aromatic rings. The van der Waals surface area contributed by atoms with Crippen LogP contribution in [0.2, 0.25) is 0 Å². The van der Waals surface area contributed by atoms with E-state index in [2.05, 4.69) is 28.1 Å². The number of hydrogen-bond donors (Lipinski definition) is 1. The van der Waals surface area contributed by atoms with Gasteiger partial charge in [0.2, 0.25) is 5.91 Å². The van der Waals surface area contributed by atoms with Crippen molar-refractivity contribution in [2.75, 3.05) is 13.6 Å². The molecule has 0 aliphatic carbocycles. The fourth-order valence-corrected chi connectivity index (χ4v) is 2.79. The second-order valence-electron chi connectivity index (χ2n) is 5.86. The largest absolute Gasteiger partial charge is 0.345 e. The Morgan fingerprint density at radius 3 is 2.35 bits per heavy atom. The van der Waals surface area contributed by atoms with E-state index in [0.29, 0.717) is 6.54 Å². The molecule has 2 unspecified atom stereocenters. The van der Waals surface area contributed by atoms with Gasteiger partial charge < -0.3 is 10.6 Å². The van der Waals surface area contributed by atoms with Gasteiger partial charge in [0.05, 0.1) is 5.92 Å². The molecule has 0 aliphatic heterocycles. The average molecular weight is 375 g/mol. The van der Waals surface area contributed by atoms with Crippen molar-refractivity contribution in [1.82, 2.24) is 4.90 Å². The van der Waals surface area contributed by atoms with Crippen LogP contribution in [0.5, 0.6) is 0 Å². The predicted octanol–water partition coefficient (Wildman–Crippen LogP) is 3.79. The molecule has 2 N–H and O–H groups in total. The Morgan fingerprint density at radius 2 is 1.74 bits per heavy atom. The molecule has 0 bridgehead atoms. The Labute approximate surface area is 146 Å². The van der Waals surface area contributed by atoms with Crippen molar-refractivity contribution in [3.8, 4) is 0 Å². The highest BCUT2D eigenvalue weighted by Gasteiger charge is 2.24. The molecule has 3 nitrogen and oxygen atoms in total. The van der Waals surface area contributed by atoms with Crippen LogP contribution in [0.3, 0.4) is 0 Å².